The summed E-state index contributed by atoms with van der Waals surface area (Å²) >= 11 is 9.46. The van der Waals surface area contributed by atoms with Crippen molar-refractivity contribution in [2.75, 3.05) is 7.05 Å². The highest BCUT2D eigenvalue weighted by Gasteiger charge is 2.15. The lowest BCUT2D eigenvalue weighted by atomic mass is 10.2. The second-order valence-electron chi connectivity index (χ2n) is 5.31. The minimum Gasteiger partial charge on any atom is -0.408 e. The molecule has 0 aliphatic carbocycles. The van der Waals surface area contributed by atoms with Crippen LogP contribution in [0.25, 0.3) is 11.1 Å². The fraction of sp³-hybridized carbons (Fsp3) is 0.188. The lowest BCUT2D eigenvalue weighted by molar-refractivity contribution is -0.916. The van der Waals surface area contributed by atoms with Gasteiger partial charge in [-0.15, -0.1) is 0 Å². The Balaban J connectivity index is 1.89. The highest BCUT2D eigenvalue weighted by atomic mass is 79.9. The van der Waals surface area contributed by atoms with E-state index in [0.717, 1.165) is 6.54 Å². The van der Waals surface area contributed by atoms with E-state index in [9.17, 15) is 4.79 Å². The van der Waals surface area contributed by atoms with Crippen LogP contribution in [0.5, 0.6) is 0 Å². The molecular formula is C16H15BrClN2O2+. The number of rotatable bonds is 4. The molecule has 0 amide bonds. The maximum Gasteiger partial charge on any atom is 0.424 e. The van der Waals surface area contributed by atoms with Gasteiger partial charge in [-0.3, -0.25) is 0 Å². The van der Waals surface area contributed by atoms with Gasteiger partial charge in [0, 0.05) is 10.0 Å². The molecule has 0 saturated carbocycles. The van der Waals surface area contributed by atoms with Crippen molar-refractivity contribution in [2.45, 2.75) is 13.2 Å². The van der Waals surface area contributed by atoms with Crippen LogP contribution in [0.1, 0.15) is 5.56 Å². The topological polar surface area (TPSA) is 39.6 Å². The van der Waals surface area contributed by atoms with Gasteiger partial charge in [0.2, 0.25) is 0 Å². The maximum absolute atomic E-state index is 12.1. The largest absolute Gasteiger partial charge is 0.424 e. The van der Waals surface area contributed by atoms with E-state index >= 15 is 0 Å². The number of halogens is 2. The molecule has 0 aliphatic rings. The van der Waals surface area contributed by atoms with Crippen molar-refractivity contribution in [1.29, 1.82) is 0 Å². The molecule has 0 spiro atoms. The molecule has 0 saturated heterocycles. The summed E-state index contributed by atoms with van der Waals surface area (Å²) in [6, 6.07) is 13.6. The van der Waals surface area contributed by atoms with Gasteiger partial charge < -0.3 is 9.32 Å². The molecule has 1 unspecified atom stereocenters. The van der Waals surface area contributed by atoms with Crippen molar-refractivity contribution in [3.05, 3.63) is 68.1 Å². The summed E-state index contributed by atoms with van der Waals surface area (Å²) in [6.45, 7) is 1.34. The Morgan fingerprint density at radius 1 is 1.27 bits per heavy atom. The van der Waals surface area contributed by atoms with Crippen LogP contribution in [0, 0.1) is 0 Å². The molecule has 0 bridgehead atoms. The summed E-state index contributed by atoms with van der Waals surface area (Å²) in [5.74, 6) is -0.364. The maximum atomic E-state index is 12.1. The first-order valence-corrected chi connectivity index (χ1v) is 8.05. The van der Waals surface area contributed by atoms with Gasteiger partial charge in [-0.1, -0.05) is 41.9 Å². The molecule has 1 aromatic heterocycles. The summed E-state index contributed by atoms with van der Waals surface area (Å²) in [4.78, 5) is 13.2. The van der Waals surface area contributed by atoms with E-state index < -0.39 is 0 Å². The van der Waals surface area contributed by atoms with Crippen molar-refractivity contribution in [1.82, 2.24) is 4.57 Å². The van der Waals surface area contributed by atoms with Crippen LogP contribution in [0.4, 0.5) is 0 Å². The fourth-order valence-corrected chi connectivity index (χ4v) is 2.96. The molecule has 1 atom stereocenters. The summed E-state index contributed by atoms with van der Waals surface area (Å²) in [7, 11) is 2.04. The molecule has 4 nitrogen and oxygen atoms in total. The number of nitrogens with zero attached hydrogens (tertiary/aromatic N) is 1. The Morgan fingerprint density at radius 2 is 2.00 bits per heavy atom. The van der Waals surface area contributed by atoms with Crippen LogP contribution in [-0.2, 0) is 13.2 Å². The number of hydrogen-bond donors (Lipinski definition) is 1. The average Bonchev–Trinajstić information content (AvgIpc) is 2.76. The van der Waals surface area contributed by atoms with Crippen molar-refractivity contribution < 1.29 is 9.32 Å². The van der Waals surface area contributed by atoms with Crippen molar-refractivity contribution in [2.24, 2.45) is 0 Å². The normalized spacial score (nSPS) is 12.7. The van der Waals surface area contributed by atoms with Crippen LogP contribution in [0.3, 0.4) is 0 Å². The van der Waals surface area contributed by atoms with Gasteiger partial charge in [0.1, 0.15) is 6.54 Å². The van der Waals surface area contributed by atoms with Gasteiger partial charge in [-0.05, 0) is 28.1 Å². The van der Waals surface area contributed by atoms with Gasteiger partial charge >= 0.3 is 5.76 Å². The highest BCUT2D eigenvalue weighted by Crippen LogP contribution is 2.27. The standard InChI is InChI=1S/C16H14BrClN2O2/c1-19(9-11-5-3-2-4-6-11)10-20-14-8-13(18)12(17)7-15(14)22-16(20)21/h2-8H,9-10H2,1H3/p+1. The highest BCUT2D eigenvalue weighted by molar-refractivity contribution is 9.10. The third-order valence-corrected chi connectivity index (χ3v) is 4.68. The van der Waals surface area contributed by atoms with Gasteiger partial charge in [0.15, 0.2) is 12.3 Å². The first-order chi connectivity index (χ1) is 10.5. The molecular weight excluding hydrogens is 368 g/mol. The number of fused-ring (bicyclic) bond motifs is 1. The number of benzene rings is 2. The number of hydrogen-bond acceptors (Lipinski definition) is 2. The van der Waals surface area contributed by atoms with E-state index in [4.69, 9.17) is 16.0 Å². The second-order valence-corrected chi connectivity index (χ2v) is 6.57. The summed E-state index contributed by atoms with van der Waals surface area (Å²) < 4.78 is 7.62. The average molecular weight is 383 g/mol. The minimum atomic E-state index is -0.364. The van der Waals surface area contributed by atoms with Crippen molar-refractivity contribution in [3.63, 3.8) is 0 Å². The third kappa shape index (κ3) is 3.11. The van der Waals surface area contributed by atoms with E-state index in [2.05, 4.69) is 28.1 Å². The lowest BCUT2D eigenvalue weighted by Gasteiger charge is -2.14. The first-order valence-electron chi connectivity index (χ1n) is 6.88. The number of aromatic nitrogens is 1. The van der Waals surface area contributed by atoms with Gasteiger partial charge in [-0.25, -0.2) is 9.36 Å². The molecule has 0 fully saturated rings. The third-order valence-electron chi connectivity index (χ3n) is 3.49. The van der Waals surface area contributed by atoms with E-state index in [1.807, 2.05) is 25.2 Å². The number of nitrogens with one attached hydrogen (secondary N) is 1. The van der Waals surface area contributed by atoms with Crippen LogP contribution in [0.2, 0.25) is 5.02 Å². The van der Waals surface area contributed by atoms with Gasteiger partial charge in [0.05, 0.1) is 17.6 Å². The van der Waals surface area contributed by atoms with E-state index in [1.165, 1.54) is 10.5 Å². The Labute approximate surface area is 141 Å². The number of quaternary nitrogens is 1. The summed E-state index contributed by atoms with van der Waals surface area (Å²) in [5.41, 5.74) is 2.47. The first kappa shape index (κ1) is 15.3. The molecule has 6 heteroatoms. The Morgan fingerprint density at radius 3 is 2.73 bits per heavy atom. The summed E-state index contributed by atoms with van der Waals surface area (Å²) in [6.07, 6.45) is 0. The van der Waals surface area contributed by atoms with Crippen molar-refractivity contribution >= 4 is 38.6 Å². The minimum absolute atomic E-state index is 0.364. The van der Waals surface area contributed by atoms with E-state index in [1.54, 1.807) is 16.7 Å². The zero-order chi connectivity index (χ0) is 15.7. The smallest absolute Gasteiger partial charge is 0.408 e. The van der Waals surface area contributed by atoms with Crippen LogP contribution in [0.15, 0.2) is 56.1 Å². The fourth-order valence-electron chi connectivity index (χ4n) is 2.48. The summed E-state index contributed by atoms with van der Waals surface area (Å²) in [5, 5.41) is 0.558. The van der Waals surface area contributed by atoms with Crippen LogP contribution >= 0.6 is 27.5 Å². The predicted molar refractivity (Wildman–Crippen MR) is 90.2 cm³/mol. The lowest BCUT2D eigenvalue weighted by Crippen LogP contribution is -3.07. The molecule has 2 aromatic carbocycles. The van der Waals surface area contributed by atoms with Gasteiger partial charge in [0.25, 0.3) is 0 Å². The van der Waals surface area contributed by atoms with Crippen LogP contribution in [-0.4, -0.2) is 11.6 Å². The second kappa shape index (κ2) is 6.28. The molecule has 114 valence electrons. The zero-order valence-electron chi connectivity index (χ0n) is 12.0. The Hall–Kier alpha value is -1.56. The molecule has 1 heterocycles. The molecule has 0 aliphatic heterocycles. The van der Waals surface area contributed by atoms with E-state index in [-0.39, 0.29) is 5.76 Å². The van der Waals surface area contributed by atoms with Crippen LogP contribution < -0.4 is 10.7 Å². The number of oxazole rings is 1. The molecule has 22 heavy (non-hydrogen) atoms. The quantitative estimate of drug-likeness (QED) is 0.753. The molecule has 1 N–H and O–H groups in total. The van der Waals surface area contributed by atoms with Crippen molar-refractivity contribution in [3.8, 4) is 0 Å². The van der Waals surface area contributed by atoms with E-state index in [0.29, 0.717) is 27.3 Å². The SMILES string of the molecule is C[NH+](Cc1ccccc1)Cn1c(=O)oc2cc(Br)c(Cl)cc21. The Bertz CT molecular complexity index is 858. The molecule has 3 rings (SSSR count). The molecule has 0 radical (unpaired) electrons. The molecule has 3 aromatic rings. The van der Waals surface area contributed by atoms with Gasteiger partial charge in [-0.2, -0.15) is 0 Å². The Kier molecular flexibility index (Phi) is 4.38. The zero-order valence-corrected chi connectivity index (χ0v) is 14.3. The monoisotopic (exact) mass is 381 g/mol. The predicted octanol–water partition coefficient (Wildman–Crippen LogP) is 2.68.